The average Bonchev–Trinajstić information content (AvgIpc) is 3.03. The zero-order valence-electron chi connectivity index (χ0n) is 17.2. The summed E-state index contributed by atoms with van der Waals surface area (Å²) in [7, 11) is 0. The molecule has 32 heavy (non-hydrogen) atoms. The first-order valence-corrected chi connectivity index (χ1v) is 11.3. The lowest BCUT2D eigenvalue weighted by molar-refractivity contribution is -0.132. The van der Waals surface area contributed by atoms with Gasteiger partial charge in [0.1, 0.15) is 5.76 Å². The number of nitrogens with zero attached hydrogens (tertiary/aromatic N) is 1. The molecule has 1 fully saturated rings. The second-order valence-corrected chi connectivity index (χ2v) is 9.32. The van der Waals surface area contributed by atoms with E-state index in [2.05, 4.69) is 15.9 Å². The van der Waals surface area contributed by atoms with Gasteiger partial charge in [-0.15, -0.1) is 0 Å². The summed E-state index contributed by atoms with van der Waals surface area (Å²) >= 11 is 15.8. The molecule has 1 N–H and O–H groups in total. The minimum atomic E-state index is -0.838. The van der Waals surface area contributed by atoms with Crippen LogP contribution in [-0.4, -0.2) is 16.8 Å². The van der Waals surface area contributed by atoms with Gasteiger partial charge < -0.3 is 5.11 Å². The number of anilines is 1. The van der Waals surface area contributed by atoms with Gasteiger partial charge in [0.25, 0.3) is 11.7 Å². The van der Waals surface area contributed by atoms with Crippen LogP contribution >= 0.6 is 39.1 Å². The molecule has 162 valence electrons. The molecule has 0 bridgehead atoms. The summed E-state index contributed by atoms with van der Waals surface area (Å²) in [5, 5.41) is 12.2. The van der Waals surface area contributed by atoms with Gasteiger partial charge in [-0.25, -0.2) is 0 Å². The van der Waals surface area contributed by atoms with Crippen molar-refractivity contribution < 1.29 is 14.7 Å². The minimum absolute atomic E-state index is 0.00995. The topological polar surface area (TPSA) is 57.6 Å². The van der Waals surface area contributed by atoms with Crippen LogP contribution in [0.15, 0.2) is 70.7 Å². The number of Topliss-reactive ketones (excluding diaryl/α,β-unsaturated/α-hetero) is 1. The van der Waals surface area contributed by atoms with E-state index in [9.17, 15) is 14.7 Å². The van der Waals surface area contributed by atoms with E-state index in [0.29, 0.717) is 26.9 Å². The lowest BCUT2D eigenvalue weighted by Crippen LogP contribution is -2.29. The Labute approximate surface area is 204 Å². The monoisotopic (exact) mass is 529 g/mol. The Balaban J connectivity index is 1.96. The molecule has 0 saturated carbocycles. The zero-order chi connectivity index (χ0) is 23.2. The molecular weight excluding hydrogens is 513 g/mol. The molecule has 3 aromatic carbocycles. The third-order valence-corrected chi connectivity index (χ3v) is 7.04. The Hall–Kier alpha value is -2.60. The van der Waals surface area contributed by atoms with Crippen LogP contribution in [0.3, 0.4) is 0 Å². The number of aryl methyl sites for hydroxylation is 2. The highest BCUT2D eigenvalue weighted by Crippen LogP contribution is 2.43. The molecule has 1 amide bonds. The minimum Gasteiger partial charge on any atom is -0.507 e. The van der Waals surface area contributed by atoms with Gasteiger partial charge in [0.05, 0.1) is 11.6 Å². The molecule has 4 rings (SSSR count). The number of aliphatic hydroxyl groups excluding tert-OH is 1. The highest BCUT2D eigenvalue weighted by molar-refractivity contribution is 9.10. The Bertz CT molecular complexity index is 1280. The summed E-state index contributed by atoms with van der Waals surface area (Å²) in [6.07, 6.45) is 0. The molecule has 1 atom stereocenters. The van der Waals surface area contributed by atoms with E-state index in [1.165, 1.54) is 4.90 Å². The quantitative estimate of drug-likeness (QED) is 0.225. The number of carbonyl (C=O) groups excluding carboxylic acids is 2. The molecule has 0 radical (unpaired) electrons. The van der Waals surface area contributed by atoms with E-state index in [0.717, 1.165) is 15.6 Å². The molecule has 7 heteroatoms. The van der Waals surface area contributed by atoms with Crippen LogP contribution in [0, 0.1) is 13.8 Å². The van der Waals surface area contributed by atoms with E-state index < -0.39 is 17.7 Å². The van der Waals surface area contributed by atoms with Crippen LogP contribution in [0.2, 0.25) is 10.0 Å². The van der Waals surface area contributed by atoms with Crippen LogP contribution in [-0.2, 0) is 9.59 Å². The maximum Gasteiger partial charge on any atom is 0.300 e. The van der Waals surface area contributed by atoms with Gasteiger partial charge in [0.2, 0.25) is 0 Å². The smallest absolute Gasteiger partial charge is 0.300 e. The van der Waals surface area contributed by atoms with Crippen LogP contribution in [0.4, 0.5) is 5.69 Å². The molecule has 4 nitrogen and oxygen atoms in total. The molecule has 0 spiro atoms. The van der Waals surface area contributed by atoms with Crippen molar-refractivity contribution in [3.63, 3.8) is 0 Å². The summed E-state index contributed by atoms with van der Waals surface area (Å²) in [6, 6.07) is 16.4. The van der Waals surface area contributed by atoms with Gasteiger partial charge in [-0.05, 0) is 66.9 Å². The van der Waals surface area contributed by atoms with Crippen LogP contribution in [0.1, 0.15) is 28.3 Å². The van der Waals surface area contributed by atoms with Gasteiger partial charge in [-0.1, -0.05) is 63.4 Å². The van der Waals surface area contributed by atoms with Crippen LogP contribution in [0.25, 0.3) is 5.76 Å². The SMILES string of the molecule is Cc1ccc(N2C(=O)C(=O)/C(=C(/O)c3ccc(Br)c(C)c3)C2c2ccc(Cl)cc2)cc1Cl. The first-order valence-electron chi connectivity index (χ1n) is 9.78. The molecule has 1 unspecified atom stereocenters. The van der Waals surface area contributed by atoms with E-state index in [1.54, 1.807) is 60.7 Å². The standard InChI is InChI=1S/C25H18BrCl2NO3/c1-13-3-9-18(12-20(13)28)29-22(15-4-7-17(27)8-5-15)21(24(31)25(29)32)23(30)16-6-10-19(26)14(2)11-16/h3-12,22,30H,1-2H3/b23-21+. The highest BCUT2D eigenvalue weighted by Gasteiger charge is 2.47. The van der Waals surface area contributed by atoms with E-state index in [4.69, 9.17) is 23.2 Å². The van der Waals surface area contributed by atoms with Crippen molar-refractivity contribution in [3.8, 4) is 0 Å². The Morgan fingerprint density at radius 1 is 0.938 bits per heavy atom. The van der Waals surface area contributed by atoms with Gasteiger partial charge in [0.15, 0.2) is 0 Å². The Kier molecular flexibility index (Phi) is 6.17. The van der Waals surface area contributed by atoms with Gasteiger partial charge in [-0.2, -0.15) is 0 Å². The largest absolute Gasteiger partial charge is 0.507 e. The van der Waals surface area contributed by atoms with Crippen molar-refractivity contribution in [1.29, 1.82) is 0 Å². The first-order chi connectivity index (χ1) is 15.2. The Morgan fingerprint density at radius 3 is 2.25 bits per heavy atom. The Morgan fingerprint density at radius 2 is 1.62 bits per heavy atom. The van der Waals surface area contributed by atoms with Crippen molar-refractivity contribution in [3.05, 3.63) is 103 Å². The molecule has 3 aromatic rings. The number of halogens is 3. The number of hydrogen-bond donors (Lipinski definition) is 1. The normalized spacial score (nSPS) is 17.8. The molecular formula is C25H18BrCl2NO3. The van der Waals surface area contributed by atoms with Crippen LogP contribution < -0.4 is 4.90 Å². The third-order valence-electron chi connectivity index (χ3n) is 5.50. The molecule has 1 heterocycles. The summed E-state index contributed by atoms with van der Waals surface area (Å²) in [4.78, 5) is 27.7. The summed E-state index contributed by atoms with van der Waals surface area (Å²) < 4.78 is 0.873. The molecule has 0 aromatic heterocycles. The van der Waals surface area contributed by atoms with Crippen molar-refractivity contribution in [2.24, 2.45) is 0 Å². The fourth-order valence-electron chi connectivity index (χ4n) is 3.74. The predicted octanol–water partition coefficient (Wildman–Crippen LogP) is 7.00. The predicted molar refractivity (Wildman–Crippen MR) is 131 cm³/mol. The fourth-order valence-corrected chi connectivity index (χ4v) is 4.29. The van der Waals surface area contributed by atoms with E-state index in [1.807, 2.05) is 13.8 Å². The first kappa shape index (κ1) is 22.6. The summed E-state index contributed by atoms with van der Waals surface area (Å²) in [5.41, 5.74) is 3.30. The number of amides is 1. The van der Waals surface area contributed by atoms with Crippen molar-refractivity contribution in [2.45, 2.75) is 19.9 Å². The molecule has 1 aliphatic rings. The molecule has 1 saturated heterocycles. The second-order valence-electron chi connectivity index (χ2n) is 7.62. The number of benzene rings is 3. The maximum absolute atomic E-state index is 13.2. The maximum atomic E-state index is 13.2. The molecule has 0 aliphatic carbocycles. The fraction of sp³-hybridized carbons (Fsp3) is 0.120. The van der Waals surface area contributed by atoms with E-state index in [-0.39, 0.29) is 11.3 Å². The van der Waals surface area contributed by atoms with Crippen molar-refractivity contribution in [2.75, 3.05) is 4.90 Å². The number of carbonyl (C=O) groups is 2. The molecule has 1 aliphatic heterocycles. The average molecular weight is 531 g/mol. The van der Waals surface area contributed by atoms with Crippen LogP contribution in [0.5, 0.6) is 0 Å². The number of aliphatic hydroxyl groups is 1. The summed E-state index contributed by atoms with van der Waals surface area (Å²) in [6.45, 7) is 3.73. The summed E-state index contributed by atoms with van der Waals surface area (Å²) in [5.74, 6) is -1.74. The lowest BCUT2D eigenvalue weighted by atomic mass is 9.94. The number of rotatable bonds is 3. The zero-order valence-corrected chi connectivity index (χ0v) is 20.3. The van der Waals surface area contributed by atoms with Crippen molar-refractivity contribution >= 4 is 62.3 Å². The van der Waals surface area contributed by atoms with Gasteiger partial charge in [-0.3, -0.25) is 14.5 Å². The van der Waals surface area contributed by atoms with Gasteiger partial charge in [0, 0.05) is 25.8 Å². The lowest BCUT2D eigenvalue weighted by Gasteiger charge is -2.26. The van der Waals surface area contributed by atoms with E-state index >= 15 is 0 Å². The van der Waals surface area contributed by atoms with Crippen molar-refractivity contribution in [1.82, 2.24) is 0 Å². The third kappa shape index (κ3) is 3.96. The second kappa shape index (κ2) is 8.74. The highest BCUT2D eigenvalue weighted by atomic mass is 79.9. The number of ketones is 1. The van der Waals surface area contributed by atoms with Gasteiger partial charge >= 0.3 is 0 Å². The number of hydrogen-bond acceptors (Lipinski definition) is 3.